The Morgan fingerprint density at radius 2 is 1.48 bits per heavy atom. The van der Waals surface area contributed by atoms with Gasteiger partial charge in [0.05, 0.1) is 0 Å². The number of hydrogen-bond donors (Lipinski definition) is 0. The number of hydrogen-bond acceptors (Lipinski definition) is 1. The van der Waals surface area contributed by atoms with Gasteiger partial charge < -0.3 is 4.90 Å². The number of fused-ring (bicyclic) bond motifs is 1. The van der Waals surface area contributed by atoms with E-state index < -0.39 is 0 Å². The first-order valence-electron chi connectivity index (χ1n) is 8.89. The van der Waals surface area contributed by atoms with Crippen LogP contribution in [0.1, 0.15) is 34.7 Å². The Labute approximate surface area is 150 Å². The summed E-state index contributed by atoms with van der Waals surface area (Å²) in [5.74, 6) is 0. The Morgan fingerprint density at radius 3 is 2.08 bits per heavy atom. The van der Waals surface area contributed by atoms with Crippen LogP contribution in [-0.2, 0) is 5.54 Å². The first-order valence-corrected chi connectivity index (χ1v) is 8.89. The quantitative estimate of drug-likeness (QED) is 0.588. The molecule has 1 aliphatic rings. The second kappa shape index (κ2) is 5.93. The monoisotopic (exact) mass is 325 g/mol. The van der Waals surface area contributed by atoms with Crippen molar-refractivity contribution in [2.24, 2.45) is 0 Å². The number of aryl methyl sites for hydroxylation is 1. The first-order chi connectivity index (χ1) is 12.2. The fourth-order valence-electron chi connectivity index (χ4n) is 4.14. The highest BCUT2D eigenvalue weighted by atomic mass is 15.3. The zero-order chi connectivity index (χ0) is 17.4. The van der Waals surface area contributed by atoms with Crippen molar-refractivity contribution in [3.05, 3.63) is 107 Å². The minimum atomic E-state index is -0.210. The van der Waals surface area contributed by atoms with Crippen molar-refractivity contribution in [3.63, 3.8) is 0 Å². The largest absolute Gasteiger partial charge is 0.354 e. The van der Waals surface area contributed by atoms with E-state index in [-0.39, 0.29) is 5.54 Å². The summed E-state index contributed by atoms with van der Waals surface area (Å²) in [5, 5.41) is 0. The van der Waals surface area contributed by atoms with Crippen molar-refractivity contribution >= 4 is 11.8 Å². The molecule has 124 valence electrons. The van der Waals surface area contributed by atoms with Gasteiger partial charge in [-0.25, -0.2) is 0 Å². The Hall–Kier alpha value is -2.80. The van der Waals surface area contributed by atoms with E-state index in [0.717, 1.165) is 12.1 Å². The second-order valence-corrected chi connectivity index (χ2v) is 6.66. The van der Waals surface area contributed by atoms with Crippen molar-refractivity contribution in [1.82, 2.24) is 0 Å². The molecule has 0 spiro atoms. The van der Waals surface area contributed by atoms with Crippen LogP contribution in [-0.4, -0.2) is 6.54 Å². The number of anilines is 1. The maximum Gasteiger partial charge on any atom is 0.118 e. The number of benzene rings is 3. The van der Waals surface area contributed by atoms with Gasteiger partial charge in [-0.2, -0.15) is 0 Å². The smallest absolute Gasteiger partial charge is 0.118 e. The summed E-state index contributed by atoms with van der Waals surface area (Å²) in [6.07, 6.45) is 1.90. The summed E-state index contributed by atoms with van der Waals surface area (Å²) in [6, 6.07) is 26.5. The Morgan fingerprint density at radius 1 is 0.880 bits per heavy atom. The zero-order valence-corrected chi connectivity index (χ0v) is 14.9. The van der Waals surface area contributed by atoms with Gasteiger partial charge in [-0.1, -0.05) is 84.9 Å². The van der Waals surface area contributed by atoms with Crippen LogP contribution in [0.15, 0.2) is 79.4 Å². The van der Waals surface area contributed by atoms with E-state index in [1.807, 2.05) is 6.08 Å². The minimum Gasteiger partial charge on any atom is -0.354 e. The zero-order valence-electron chi connectivity index (χ0n) is 14.9. The van der Waals surface area contributed by atoms with Crippen molar-refractivity contribution in [1.29, 1.82) is 0 Å². The van der Waals surface area contributed by atoms with Gasteiger partial charge in [0.25, 0.3) is 0 Å². The van der Waals surface area contributed by atoms with Crippen molar-refractivity contribution in [2.45, 2.75) is 19.4 Å². The van der Waals surface area contributed by atoms with Crippen molar-refractivity contribution < 1.29 is 0 Å². The van der Waals surface area contributed by atoms with Gasteiger partial charge in [-0.3, -0.25) is 0 Å². The first kappa shape index (κ1) is 15.7. The average molecular weight is 325 g/mol. The Kier molecular flexibility index (Phi) is 3.73. The molecule has 0 saturated heterocycles. The third kappa shape index (κ3) is 2.16. The lowest BCUT2D eigenvalue weighted by atomic mass is 9.68. The lowest BCUT2D eigenvalue weighted by molar-refractivity contribution is 0.514. The number of nitrogens with zero attached hydrogens (tertiary/aromatic N) is 1. The normalized spacial score (nSPS) is 18.4. The average Bonchev–Trinajstić information content (AvgIpc) is 2.65. The van der Waals surface area contributed by atoms with Gasteiger partial charge in [0, 0.05) is 17.8 Å². The lowest BCUT2D eigenvalue weighted by Crippen LogP contribution is -2.56. The van der Waals surface area contributed by atoms with Gasteiger partial charge in [0.2, 0.25) is 0 Å². The van der Waals surface area contributed by atoms with Gasteiger partial charge in [0.1, 0.15) is 5.54 Å². The fraction of sp³-hybridized carbons (Fsp3) is 0.167. The second-order valence-electron chi connectivity index (χ2n) is 6.66. The number of para-hydroxylation sites is 1. The molecule has 1 unspecified atom stereocenters. The van der Waals surface area contributed by atoms with Crippen LogP contribution in [0.2, 0.25) is 0 Å². The van der Waals surface area contributed by atoms with Gasteiger partial charge in [0.15, 0.2) is 0 Å². The minimum absolute atomic E-state index is 0.210. The lowest BCUT2D eigenvalue weighted by Gasteiger charge is -2.56. The van der Waals surface area contributed by atoms with Crippen LogP contribution >= 0.6 is 0 Å². The van der Waals surface area contributed by atoms with Gasteiger partial charge >= 0.3 is 0 Å². The molecule has 0 fully saturated rings. The molecule has 3 aromatic rings. The van der Waals surface area contributed by atoms with Crippen LogP contribution in [0, 0.1) is 6.92 Å². The molecule has 0 bridgehead atoms. The summed E-state index contributed by atoms with van der Waals surface area (Å²) in [4.78, 5) is 2.51. The molecule has 4 rings (SSSR count). The molecular formula is C24H23N. The van der Waals surface area contributed by atoms with Gasteiger partial charge in [-0.05, 0) is 36.6 Å². The van der Waals surface area contributed by atoms with Crippen molar-refractivity contribution in [3.8, 4) is 0 Å². The van der Waals surface area contributed by atoms with Crippen LogP contribution in [0.3, 0.4) is 0 Å². The van der Waals surface area contributed by atoms with Gasteiger partial charge in [-0.15, -0.1) is 0 Å². The molecule has 0 N–H and O–H groups in total. The highest BCUT2D eigenvalue weighted by molar-refractivity contribution is 5.78. The van der Waals surface area contributed by atoms with Crippen molar-refractivity contribution in [2.75, 3.05) is 11.4 Å². The Balaban J connectivity index is 1.99. The third-order valence-electron chi connectivity index (χ3n) is 5.34. The van der Waals surface area contributed by atoms with E-state index in [4.69, 9.17) is 0 Å². The van der Waals surface area contributed by atoms with E-state index in [9.17, 15) is 0 Å². The topological polar surface area (TPSA) is 3.24 Å². The summed E-state index contributed by atoms with van der Waals surface area (Å²) >= 11 is 0. The molecule has 0 amide bonds. The standard InChI is InChI=1S/C24H23N/c1-4-19-12-16-21(17-13-19)24(20-14-10-18(3)11-15-20)22-8-6-7-9-23(22)25(24)5-2/h4,6-17H,1,5H2,2-3H3. The molecule has 3 aromatic carbocycles. The molecule has 0 aromatic heterocycles. The van der Waals surface area contributed by atoms with Crippen LogP contribution < -0.4 is 4.90 Å². The predicted molar refractivity (Wildman–Crippen MR) is 107 cm³/mol. The molecule has 1 heteroatoms. The van der Waals surface area contributed by atoms with Crippen LogP contribution in [0.5, 0.6) is 0 Å². The van der Waals surface area contributed by atoms with Crippen LogP contribution in [0.25, 0.3) is 6.08 Å². The molecular weight excluding hydrogens is 302 g/mol. The Bertz CT molecular complexity index is 906. The van der Waals surface area contributed by atoms with E-state index in [0.29, 0.717) is 0 Å². The summed E-state index contributed by atoms with van der Waals surface area (Å²) in [6.45, 7) is 9.22. The van der Waals surface area contributed by atoms with E-state index in [2.05, 4.69) is 98.1 Å². The molecule has 1 aliphatic heterocycles. The third-order valence-corrected chi connectivity index (χ3v) is 5.34. The molecule has 1 atom stereocenters. The summed E-state index contributed by atoms with van der Waals surface area (Å²) in [7, 11) is 0. The highest BCUT2D eigenvalue weighted by Crippen LogP contribution is 2.55. The molecule has 1 nitrogen and oxygen atoms in total. The SMILES string of the molecule is C=Cc1ccc(C2(c3ccc(C)cc3)c3ccccc3N2CC)cc1. The molecule has 0 saturated carbocycles. The fourth-order valence-corrected chi connectivity index (χ4v) is 4.14. The van der Waals surface area contributed by atoms with E-state index in [1.165, 1.54) is 27.9 Å². The van der Waals surface area contributed by atoms with Crippen LogP contribution in [0.4, 0.5) is 5.69 Å². The predicted octanol–water partition coefficient (Wildman–Crippen LogP) is 5.77. The highest BCUT2D eigenvalue weighted by Gasteiger charge is 2.51. The summed E-state index contributed by atoms with van der Waals surface area (Å²) < 4.78 is 0. The maximum atomic E-state index is 3.88. The maximum absolute atomic E-state index is 3.88. The van der Waals surface area contributed by atoms with E-state index >= 15 is 0 Å². The molecule has 0 aliphatic carbocycles. The molecule has 1 heterocycles. The summed E-state index contributed by atoms with van der Waals surface area (Å²) in [5.41, 5.74) is 7.58. The molecule has 0 radical (unpaired) electrons. The molecule has 25 heavy (non-hydrogen) atoms. The number of rotatable bonds is 4. The van der Waals surface area contributed by atoms with E-state index in [1.54, 1.807) is 0 Å².